The number of rotatable bonds is 6. The number of halogens is 5. The summed E-state index contributed by atoms with van der Waals surface area (Å²) in [4.78, 5) is 41.7. The molecule has 3 atom stereocenters. The number of ether oxygens (including phenoxy) is 1. The van der Waals surface area contributed by atoms with Crippen molar-refractivity contribution in [1.82, 2.24) is 10.2 Å². The molecule has 1 saturated heterocycles. The van der Waals surface area contributed by atoms with Crippen molar-refractivity contribution in [2.24, 2.45) is 0 Å². The molecule has 0 unspecified atom stereocenters. The molecule has 2 aliphatic rings. The van der Waals surface area contributed by atoms with E-state index in [1.165, 1.54) is 24.3 Å². The smallest absolute Gasteiger partial charge is 0.410 e. The maximum atomic E-state index is 14.4. The van der Waals surface area contributed by atoms with E-state index in [1.807, 2.05) is 0 Å². The van der Waals surface area contributed by atoms with Crippen molar-refractivity contribution in [1.29, 1.82) is 0 Å². The van der Waals surface area contributed by atoms with Crippen molar-refractivity contribution in [3.63, 3.8) is 0 Å². The fraction of sp³-hybridized carbons (Fsp3) is 0.400. The lowest BCUT2D eigenvalue weighted by molar-refractivity contribution is -0.133. The van der Waals surface area contributed by atoms with Crippen molar-refractivity contribution < 1.29 is 36.7 Å². The Morgan fingerprint density at radius 1 is 1.16 bits per heavy atom. The predicted octanol–water partition coefficient (Wildman–Crippen LogP) is 4.65. The molecule has 1 heterocycles. The van der Waals surface area contributed by atoms with Gasteiger partial charge in [0.2, 0.25) is 5.91 Å². The number of methoxy groups -OCH3 is 1. The number of hydrogen-bond acceptors (Lipinski definition) is 4. The van der Waals surface area contributed by atoms with Crippen LogP contribution in [0.25, 0.3) is 0 Å². The zero-order chi connectivity index (χ0) is 26.9. The number of alkyl halides is 3. The van der Waals surface area contributed by atoms with Crippen molar-refractivity contribution >= 4 is 35.2 Å². The Morgan fingerprint density at radius 2 is 1.86 bits per heavy atom. The minimum absolute atomic E-state index is 0.0730. The van der Waals surface area contributed by atoms with Gasteiger partial charge in [-0.1, -0.05) is 35.9 Å². The van der Waals surface area contributed by atoms with E-state index in [0.717, 1.165) is 29.0 Å². The average molecular weight is 542 g/mol. The van der Waals surface area contributed by atoms with Crippen LogP contribution in [0, 0.1) is 5.82 Å². The van der Waals surface area contributed by atoms with Crippen LogP contribution in [0.2, 0.25) is 5.02 Å². The summed E-state index contributed by atoms with van der Waals surface area (Å²) >= 11 is 6.39. The molecule has 2 fully saturated rings. The summed E-state index contributed by atoms with van der Waals surface area (Å²) in [5, 5.41) is 2.60. The molecule has 12 heteroatoms. The molecule has 0 aromatic heterocycles. The number of nitrogens with zero attached hydrogens (tertiary/aromatic N) is 2. The predicted molar refractivity (Wildman–Crippen MR) is 127 cm³/mol. The fourth-order valence-corrected chi connectivity index (χ4v) is 4.90. The summed E-state index contributed by atoms with van der Waals surface area (Å²) in [5.41, 5.74) is 0.0564. The number of benzene rings is 2. The summed E-state index contributed by atoms with van der Waals surface area (Å²) < 4.78 is 60.3. The Kier molecular flexibility index (Phi) is 7.63. The molecular formula is C25H24ClF4N3O4. The van der Waals surface area contributed by atoms with E-state index in [1.54, 1.807) is 12.1 Å². The first-order valence-corrected chi connectivity index (χ1v) is 11.9. The lowest BCUT2D eigenvalue weighted by atomic mass is 9.87. The van der Waals surface area contributed by atoms with Gasteiger partial charge < -0.3 is 10.1 Å². The van der Waals surface area contributed by atoms with E-state index in [9.17, 15) is 31.9 Å². The second-order valence-corrected chi connectivity index (χ2v) is 9.46. The molecular weight excluding hydrogens is 518 g/mol. The number of carbonyl (C=O) groups excluding carboxylic acids is 3. The molecule has 198 valence electrons. The van der Waals surface area contributed by atoms with E-state index >= 15 is 0 Å². The summed E-state index contributed by atoms with van der Waals surface area (Å²) in [6.07, 6.45) is -4.04. The standard InChI is InChI=1S/C25H24ClF4N3O4/c1-37-24(36)32-13-15(28)10-20(32)23(35)33(17-6-4-5-14(27)9-17)21(18-7-2-3-8-19(18)26)22(34)31-16-11-25(29,30)12-16/h2-9,15-16,20-21H,10-13H2,1H3,(H,31,34)/t15-,20+,21+/m1/s1. The Bertz CT molecular complexity index is 1190. The van der Waals surface area contributed by atoms with Crippen molar-refractivity contribution in [3.05, 3.63) is 64.9 Å². The molecule has 0 spiro atoms. The molecule has 2 aromatic carbocycles. The maximum absolute atomic E-state index is 14.4. The number of likely N-dealkylation sites (tertiary alicyclic amines) is 1. The number of amides is 3. The van der Waals surface area contributed by atoms with Gasteiger partial charge in [-0.15, -0.1) is 0 Å². The summed E-state index contributed by atoms with van der Waals surface area (Å²) in [5.74, 6) is -5.38. The molecule has 37 heavy (non-hydrogen) atoms. The summed E-state index contributed by atoms with van der Waals surface area (Å²) in [7, 11) is 1.08. The fourth-order valence-electron chi connectivity index (χ4n) is 4.67. The van der Waals surface area contributed by atoms with E-state index in [0.29, 0.717) is 0 Å². The van der Waals surface area contributed by atoms with Gasteiger partial charge in [-0.25, -0.2) is 22.4 Å². The number of carbonyl (C=O) groups is 3. The maximum Gasteiger partial charge on any atom is 0.410 e. The zero-order valence-electron chi connectivity index (χ0n) is 19.7. The molecule has 3 amide bonds. The quantitative estimate of drug-likeness (QED) is 0.540. The third-order valence-corrected chi connectivity index (χ3v) is 6.76. The van der Waals surface area contributed by atoms with Gasteiger partial charge in [-0.3, -0.25) is 19.4 Å². The van der Waals surface area contributed by atoms with Gasteiger partial charge in [0.1, 0.15) is 24.1 Å². The van der Waals surface area contributed by atoms with Gasteiger partial charge >= 0.3 is 6.09 Å². The average Bonchev–Trinajstić information content (AvgIpc) is 3.22. The lowest BCUT2D eigenvalue weighted by Crippen LogP contribution is -2.56. The topological polar surface area (TPSA) is 79.0 Å². The van der Waals surface area contributed by atoms with E-state index in [4.69, 9.17) is 16.3 Å². The molecule has 1 N–H and O–H groups in total. The molecule has 0 bridgehead atoms. The zero-order valence-corrected chi connectivity index (χ0v) is 20.4. The monoisotopic (exact) mass is 541 g/mol. The second kappa shape index (κ2) is 10.6. The van der Waals surface area contributed by atoms with Gasteiger partial charge in [0, 0.05) is 41.6 Å². The number of anilines is 1. The Hall–Kier alpha value is -3.34. The van der Waals surface area contributed by atoms with Crippen LogP contribution in [0.1, 0.15) is 30.9 Å². The lowest BCUT2D eigenvalue weighted by Gasteiger charge is -2.39. The van der Waals surface area contributed by atoms with Gasteiger partial charge in [-0.2, -0.15) is 0 Å². The number of hydrogen-bond donors (Lipinski definition) is 1. The number of nitrogens with one attached hydrogen (secondary N) is 1. The molecule has 1 aliphatic heterocycles. The summed E-state index contributed by atoms with van der Waals surface area (Å²) in [6.45, 7) is -0.416. The Balaban J connectivity index is 1.80. The third-order valence-electron chi connectivity index (χ3n) is 6.41. The minimum Gasteiger partial charge on any atom is -0.453 e. The van der Waals surface area contributed by atoms with Crippen molar-refractivity contribution in [3.8, 4) is 0 Å². The molecule has 7 nitrogen and oxygen atoms in total. The first kappa shape index (κ1) is 26.7. The van der Waals surface area contributed by atoms with Gasteiger partial charge in [0.15, 0.2) is 0 Å². The highest BCUT2D eigenvalue weighted by atomic mass is 35.5. The second-order valence-electron chi connectivity index (χ2n) is 9.05. The normalized spacial score (nSPS) is 21.6. The van der Waals surface area contributed by atoms with Crippen molar-refractivity contribution in [2.45, 2.75) is 49.5 Å². The first-order chi connectivity index (χ1) is 17.5. The third kappa shape index (κ3) is 5.66. The highest BCUT2D eigenvalue weighted by Crippen LogP contribution is 2.39. The van der Waals surface area contributed by atoms with Crippen LogP contribution >= 0.6 is 11.6 Å². The molecule has 4 rings (SSSR count). The largest absolute Gasteiger partial charge is 0.453 e. The molecule has 1 saturated carbocycles. The SMILES string of the molecule is COC(=O)N1C[C@H](F)C[C@H]1C(=O)N(c1cccc(F)c1)[C@H](C(=O)NC1CC(F)(F)C1)c1ccccc1Cl. The van der Waals surface area contributed by atoms with Crippen molar-refractivity contribution in [2.75, 3.05) is 18.6 Å². The van der Waals surface area contributed by atoms with Crippen LogP contribution in [-0.4, -0.2) is 60.6 Å². The highest BCUT2D eigenvalue weighted by Gasteiger charge is 2.49. The Labute approximate surface area is 215 Å². The molecule has 2 aromatic rings. The van der Waals surface area contributed by atoms with Crippen LogP contribution < -0.4 is 10.2 Å². The van der Waals surface area contributed by atoms with Crippen LogP contribution in [0.15, 0.2) is 48.5 Å². The van der Waals surface area contributed by atoms with Gasteiger partial charge in [0.05, 0.1) is 13.7 Å². The van der Waals surface area contributed by atoms with Gasteiger partial charge in [-0.05, 0) is 24.3 Å². The van der Waals surface area contributed by atoms with E-state index in [2.05, 4.69) is 5.32 Å². The van der Waals surface area contributed by atoms with Crippen LogP contribution in [-0.2, 0) is 14.3 Å². The minimum atomic E-state index is -2.92. The van der Waals surface area contributed by atoms with Crippen LogP contribution in [0.4, 0.5) is 28.0 Å². The first-order valence-electron chi connectivity index (χ1n) is 11.5. The molecule has 0 radical (unpaired) electrons. The highest BCUT2D eigenvalue weighted by molar-refractivity contribution is 6.31. The van der Waals surface area contributed by atoms with Crippen LogP contribution in [0.3, 0.4) is 0 Å². The van der Waals surface area contributed by atoms with E-state index < -0.39 is 73.3 Å². The molecule has 1 aliphatic carbocycles. The summed E-state index contributed by atoms with van der Waals surface area (Å²) in [6, 6.07) is 7.09. The van der Waals surface area contributed by atoms with Crippen LogP contribution in [0.5, 0.6) is 0 Å². The Morgan fingerprint density at radius 3 is 2.49 bits per heavy atom. The van der Waals surface area contributed by atoms with E-state index in [-0.39, 0.29) is 22.7 Å². The van der Waals surface area contributed by atoms with Gasteiger partial charge in [0.25, 0.3) is 11.8 Å².